The summed E-state index contributed by atoms with van der Waals surface area (Å²) in [6.45, 7) is 0. The monoisotopic (exact) mass is 354 g/mol. The Labute approximate surface area is 150 Å². The first-order valence-corrected chi connectivity index (χ1v) is 8.30. The number of benzene rings is 2. The van der Waals surface area contributed by atoms with Crippen LogP contribution in [0.25, 0.3) is 0 Å². The molecule has 0 spiro atoms. The Bertz CT molecular complexity index is 803. The molecule has 2 aromatic carbocycles. The highest BCUT2D eigenvalue weighted by Gasteiger charge is 2.24. The van der Waals surface area contributed by atoms with E-state index in [1.54, 1.807) is 0 Å². The first-order valence-electron chi connectivity index (χ1n) is 7.92. The number of pyridine rings is 1. The number of aromatic nitrogens is 1. The lowest BCUT2D eigenvalue weighted by atomic mass is 9.84. The van der Waals surface area contributed by atoms with Gasteiger partial charge in [0.1, 0.15) is 17.0 Å². The topological polar surface area (TPSA) is 42.3 Å². The van der Waals surface area contributed by atoms with Gasteiger partial charge in [0.2, 0.25) is 0 Å². The second-order valence-electron chi connectivity index (χ2n) is 5.76. The summed E-state index contributed by atoms with van der Waals surface area (Å²) in [5, 5.41) is 3.31. The van der Waals surface area contributed by atoms with Gasteiger partial charge in [0, 0.05) is 11.5 Å². The van der Waals surface area contributed by atoms with Crippen molar-refractivity contribution in [3.8, 4) is 0 Å². The van der Waals surface area contributed by atoms with Crippen LogP contribution in [0.1, 0.15) is 35.1 Å². The quantitative estimate of drug-likeness (QED) is 0.408. The minimum atomic E-state index is -0.856. The average molecular weight is 355 g/mol. The van der Waals surface area contributed by atoms with E-state index in [0.29, 0.717) is 6.42 Å². The average Bonchev–Trinajstić information content (AvgIpc) is 2.66. The molecule has 1 atom stereocenters. The molecule has 3 nitrogen and oxygen atoms in total. The molecule has 1 aromatic heterocycles. The van der Waals surface area contributed by atoms with Gasteiger partial charge in [0.15, 0.2) is 0 Å². The molecular formula is C20H16ClFN2O. The van der Waals surface area contributed by atoms with Crippen LogP contribution in [-0.4, -0.2) is 4.98 Å². The van der Waals surface area contributed by atoms with E-state index in [1.165, 1.54) is 6.07 Å². The van der Waals surface area contributed by atoms with E-state index >= 15 is 0 Å². The summed E-state index contributed by atoms with van der Waals surface area (Å²) in [6, 6.07) is 20.1. The van der Waals surface area contributed by atoms with E-state index in [0.717, 1.165) is 17.3 Å². The third kappa shape index (κ3) is 4.09. The third-order valence-corrected chi connectivity index (χ3v) is 4.41. The van der Waals surface area contributed by atoms with Gasteiger partial charge in [-0.15, -0.1) is 0 Å². The number of hydrogen-bond donors (Lipinski definition) is 0. The van der Waals surface area contributed by atoms with E-state index < -0.39 is 11.9 Å². The standard InChI is InChI=1S/C20H16ClFN2O/c21-20-12-17(18(22)13-23-20)19(24-25)11-16(14-7-3-1-4-8-14)15-9-5-2-6-10-15/h1-10,12-13,16,19H,11H2. The number of hydrogen-bond acceptors (Lipinski definition) is 3. The molecular weight excluding hydrogens is 339 g/mol. The molecule has 126 valence electrons. The van der Waals surface area contributed by atoms with Gasteiger partial charge in [0.05, 0.1) is 6.20 Å². The van der Waals surface area contributed by atoms with Gasteiger partial charge in [-0.1, -0.05) is 77.4 Å². The van der Waals surface area contributed by atoms with Gasteiger partial charge in [0.25, 0.3) is 0 Å². The normalized spacial score (nSPS) is 12.1. The molecule has 1 unspecified atom stereocenters. The molecule has 0 amide bonds. The molecule has 0 bridgehead atoms. The van der Waals surface area contributed by atoms with Crippen molar-refractivity contribution in [2.45, 2.75) is 18.4 Å². The molecule has 0 N–H and O–H groups in total. The van der Waals surface area contributed by atoms with Crippen molar-refractivity contribution in [3.63, 3.8) is 0 Å². The van der Waals surface area contributed by atoms with Crippen LogP contribution in [0.2, 0.25) is 5.15 Å². The lowest BCUT2D eigenvalue weighted by Crippen LogP contribution is -2.08. The molecule has 3 rings (SSSR count). The number of halogens is 2. The molecule has 0 fully saturated rings. The largest absolute Gasteiger partial charge is 0.242 e. The summed E-state index contributed by atoms with van der Waals surface area (Å²) in [4.78, 5) is 15.2. The molecule has 1 heterocycles. The Hall–Kier alpha value is -2.59. The zero-order valence-corrected chi connectivity index (χ0v) is 14.1. The Kier molecular flexibility index (Phi) is 5.51. The second kappa shape index (κ2) is 7.99. The van der Waals surface area contributed by atoms with E-state index in [-0.39, 0.29) is 16.6 Å². The summed E-state index contributed by atoms with van der Waals surface area (Å²) in [6.07, 6.45) is 1.37. The minimum absolute atomic E-state index is 0.0866. The van der Waals surface area contributed by atoms with E-state index in [2.05, 4.69) is 10.2 Å². The van der Waals surface area contributed by atoms with Gasteiger partial charge in [-0.2, -0.15) is 4.91 Å². The zero-order valence-electron chi connectivity index (χ0n) is 13.3. The van der Waals surface area contributed by atoms with Crippen LogP contribution < -0.4 is 0 Å². The van der Waals surface area contributed by atoms with E-state index in [9.17, 15) is 9.30 Å². The summed E-state index contributed by atoms with van der Waals surface area (Å²) in [7, 11) is 0. The smallest absolute Gasteiger partial charge is 0.147 e. The van der Waals surface area contributed by atoms with Crippen LogP contribution in [0.3, 0.4) is 0 Å². The highest BCUT2D eigenvalue weighted by Crippen LogP contribution is 2.36. The van der Waals surface area contributed by atoms with Gasteiger partial charge in [-0.3, -0.25) is 0 Å². The van der Waals surface area contributed by atoms with Crippen LogP contribution in [0.5, 0.6) is 0 Å². The molecule has 0 aliphatic heterocycles. The molecule has 25 heavy (non-hydrogen) atoms. The van der Waals surface area contributed by atoms with Crippen LogP contribution in [0.15, 0.2) is 78.1 Å². The number of rotatable bonds is 6. The van der Waals surface area contributed by atoms with Gasteiger partial charge < -0.3 is 0 Å². The Morgan fingerprint density at radius 1 is 1.00 bits per heavy atom. The Morgan fingerprint density at radius 2 is 1.56 bits per heavy atom. The van der Waals surface area contributed by atoms with Gasteiger partial charge in [-0.05, 0) is 23.6 Å². The maximum absolute atomic E-state index is 14.1. The highest BCUT2D eigenvalue weighted by molar-refractivity contribution is 6.29. The summed E-state index contributed by atoms with van der Waals surface area (Å²) < 4.78 is 14.1. The van der Waals surface area contributed by atoms with Crippen molar-refractivity contribution < 1.29 is 4.39 Å². The molecule has 3 aromatic rings. The molecule has 0 saturated carbocycles. The SMILES string of the molecule is O=NC(CC(c1ccccc1)c1ccccc1)c1cc(Cl)ncc1F. The number of nitroso groups, excluding NO2 is 1. The second-order valence-corrected chi connectivity index (χ2v) is 6.15. The lowest BCUT2D eigenvalue weighted by molar-refractivity contribution is 0.539. The highest BCUT2D eigenvalue weighted by atomic mass is 35.5. The molecule has 0 aliphatic rings. The fourth-order valence-corrected chi connectivity index (χ4v) is 3.13. The van der Waals surface area contributed by atoms with E-state index in [1.807, 2.05) is 60.7 Å². The maximum atomic E-state index is 14.1. The Morgan fingerprint density at radius 3 is 2.08 bits per heavy atom. The van der Waals surface area contributed by atoms with Crippen LogP contribution in [0.4, 0.5) is 4.39 Å². The first kappa shape index (κ1) is 17.2. The lowest BCUT2D eigenvalue weighted by Gasteiger charge is -2.21. The van der Waals surface area contributed by atoms with Crippen LogP contribution >= 0.6 is 11.6 Å². The first-order chi connectivity index (χ1) is 12.2. The fourth-order valence-electron chi connectivity index (χ4n) is 2.97. The molecule has 5 heteroatoms. The molecule has 0 saturated heterocycles. The molecule has 0 aliphatic carbocycles. The van der Waals surface area contributed by atoms with Gasteiger partial charge >= 0.3 is 0 Å². The predicted molar refractivity (Wildman–Crippen MR) is 97.1 cm³/mol. The maximum Gasteiger partial charge on any atom is 0.147 e. The van der Waals surface area contributed by atoms with Crippen LogP contribution in [0, 0.1) is 10.7 Å². The fraction of sp³-hybridized carbons (Fsp3) is 0.150. The van der Waals surface area contributed by atoms with Crippen molar-refractivity contribution in [2.24, 2.45) is 5.18 Å². The summed E-state index contributed by atoms with van der Waals surface area (Å²) >= 11 is 5.87. The van der Waals surface area contributed by atoms with E-state index in [4.69, 9.17) is 11.6 Å². The van der Waals surface area contributed by atoms with Crippen molar-refractivity contribution in [2.75, 3.05) is 0 Å². The van der Waals surface area contributed by atoms with Crippen molar-refractivity contribution in [3.05, 3.63) is 105 Å². The minimum Gasteiger partial charge on any atom is -0.242 e. The summed E-state index contributed by atoms with van der Waals surface area (Å²) in [5.74, 6) is -0.662. The van der Waals surface area contributed by atoms with Gasteiger partial charge in [-0.25, -0.2) is 9.37 Å². The van der Waals surface area contributed by atoms with Crippen molar-refractivity contribution >= 4 is 11.6 Å². The van der Waals surface area contributed by atoms with Crippen molar-refractivity contribution in [1.82, 2.24) is 4.98 Å². The van der Waals surface area contributed by atoms with Crippen molar-refractivity contribution in [1.29, 1.82) is 0 Å². The zero-order chi connectivity index (χ0) is 17.6. The third-order valence-electron chi connectivity index (χ3n) is 4.20. The van der Waals surface area contributed by atoms with Crippen LogP contribution in [-0.2, 0) is 0 Å². The Balaban J connectivity index is 1.99. The number of nitrogens with zero attached hydrogens (tertiary/aromatic N) is 2. The molecule has 0 radical (unpaired) electrons. The summed E-state index contributed by atoms with van der Waals surface area (Å²) in [5.41, 5.74) is 2.26. The predicted octanol–water partition coefficient (Wildman–Crippen LogP) is 5.90.